The molecule has 10 nitrogen and oxygen atoms in total. The zero-order valence-corrected chi connectivity index (χ0v) is 22.9. The van der Waals surface area contributed by atoms with Crippen LogP contribution < -0.4 is 4.74 Å². The molecule has 6 rings (SSSR count). The van der Waals surface area contributed by atoms with E-state index in [1.165, 1.54) is 18.2 Å². The maximum absolute atomic E-state index is 14.4. The molecule has 0 aromatic heterocycles. The first-order valence-corrected chi connectivity index (χ1v) is 14.5. The van der Waals surface area contributed by atoms with E-state index in [1.807, 2.05) is 6.26 Å². The molecular formula is C29H29NO9S. The number of rotatable bonds is 5. The van der Waals surface area contributed by atoms with Crippen molar-refractivity contribution in [1.82, 2.24) is 4.90 Å². The molecule has 0 bridgehead atoms. The Balaban J connectivity index is 1.50. The van der Waals surface area contributed by atoms with Crippen LogP contribution >= 0.6 is 11.8 Å². The number of phenols is 1. The number of aryl methyl sites for hydroxylation is 1. The Hall–Kier alpha value is -3.38. The average molecular weight is 568 g/mol. The second-order valence-electron chi connectivity index (χ2n) is 10.5. The number of carbonyl (C=O) groups is 3. The molecule has 210 valence electrons. The van der Waals surface area contributed by atoms with Gasteiger partial charge in [-0.2, -0.15) is 11.8 Å². The van der Waals surface area contributed by atoms with Crippen LogP contribution in [0.2, 0.25) is 0 Å². The number of hydrogen-bond acceptors (Lipinski definition) is 11. The van der Waals surface area contributed by atoms with Crippen molar-refractivity contribution >= 4 is 34.9 Å². The third-order valence-corrected chi connectivity index (χ3v) is 8.51. The molecule has 0 spiro atoms. The minimum absolute atomic E-state index is 0.000109. The molecule has 1 aliphatic carbocycles. The molecule has 40 heavy (non-hydrogen) atoms. The van der Waals surface area contributed by atoms with Crippen LogP contribution in [0, 0.1) is 6.92 Å². The van der Waals surface area contributed by atoms with Crippen molar-refractivity contribution in [2.24, 2.45) is 0 Å². The van der Waals surface area contributed by atoms with Crippen molar-refractivity contribution < 1.29 is 43.9 Å². The molecule has 11 heteroatoms. The van der Waals surface area contributed by atoms with E-state index in [2.05, 4.69) is 0 Å². The van der Waals surface area contributed by atoms with E-state index in [0.717, 1.165) is 0 Å². The number of ketones is 2. The number of aromatic hydroxyl groups is 1. The van der Waals surface area contributed by atoms with Gasteiger partial charge in [0.2, 0.25) is 18.3 Å². The lowest BCUT2D eigenvalue weighted by Gasteiger charge is -2.39. The maximum atomic E-state index is 14.4. The molecular weight excluding hydrogens is 538 g/mol. The number of Topliss-reactive ketones (excluding diaryl/α,β-unsaturated/α-hetero) is 2. The Morgan fingerprint density at radius 2 is 1.90 bits per heavy atom. The summed E-state index contributed by atoms with van der Waals surface area (Å²) in [5, 5.41) is 31.3. The van der Waals surface area contributed by atoms with Gasteiger partial charge in [0, 0.05) is 23.1 Å². The molecule has 3 heterocycles. The number of benzene rings is 2. The highest BCUT2D eigenvalue weighted by atomic mass is 32.2. The summed E-state index contributed by atoms with van der Waals surface area (Å²) < 4.78 is 17.5. The number of aliphatic hydroxyl groups excluding tert-OH is 2. The maximum Gasteiger partial charge on any atom is 0.331 e. The number of thioether (sulfide) groups is 1. The summed E-state index contributed by atoms with van der Waals surface area (Å²) in [6.07, 6.45) is -2.59. The van der Waals surface area contributed by atoms with Crippen molar-refractivity contribution in [2.75, 3.05) is 12.0 Å². The molecule has 3 N–H and O–H groups in total. The monoisotopic (exact) mass is 567 g/mol. The Morgan fingerprint density at radius 1 is 1.12 bits per heavy atom. The molecule has 2 fully saturated rings. The highest BCUT2D eigenvalue weighted by Gasteiger charge is 2.53. The van der Waals surface area contributed by atoms with Crippen LogP contribution in [0.1, 0.15) is 63.4 Å². The molecule has 3 aliphatic heterocycles. The molecule has 2 saturated heterocycles. The first-order valence-electron chi connectivity index (χ1n) is 13.1. The second-order valence-corrected chi connectivity index (χ2v) is 11.5. The summed E-state index contributed by atoms with van der Waals surface area (Å²) in [4.78, 5) is 43.2. The largest absolute Gasteiger partial charge is 0.507 e. The van der Waals surface area contributed by atoms with E-state index in [0.29, 0.717) is 23.3 Å². The number of aliphatic hydroxyl groups is 2. The van der Waals surface area contributed by atoms with E-state index in [4.69, 9.17) is 14.2 Å². The van der Waals surface area contributed by atoms with Crippen LogP contribution in [0.15, 0.2) is 36.0 Å². The number of ether oxygens (including phenoxy) is 3. The first-order chi connectivity index (χ1) is 19.1. The Bertz CT molecular complexity index is 1460. The minimum atomic E-state index is -1.09. The fourth-order valence-electron chi connectivity index (χ4n) is 6.00. The molecule has 0 radical (unpaired) electrons. The number of carbonyl (C=O) groups excluding carboxylic acids is 3. The van der Waals surface area contributed by atoms with Gasteiger partial charge in [0.25, 0.3) is 0 Å². The van der Waals surface area contributed by atoms with Gasteiger partial charge < -0.3 is 34.4 Å². The van der Waals surface area contributed by atoms with Crippen molar-refractivity contribution in [3.63, 3.8) is 0 Å². The van der Waals surface area contributed by atoms with Crippen molar-refractivity contribution in [1.29, 1.82) is 0 Å². The van der Waals surface area contributed by atoms with E-state index in [1.54, 1.807) is 42.6 Å². The summed E-state index contributed by atoms with van der Waals surface area (Å²) in [7, 11) is 0. The van der Waals surface area contributed by atoms with Crippen LogP contribution in [0.25, 0.3) is 5.57 Å². The van der Waals surface area contributed by atoms with Crippen LogP contribution in [0.3, 0.4) is 0 Å². The van der Waals surface area contributed by atoms with Crippen LogP contribution in [0.5, 0.6) is 11.5 Å². The zero-order chi connectivity index (χ0) is 28.5. The highest BCUT2D eigenvalue weighted by Crippen LogP contribution is 2.52. The summed E-state index contributed by atoms with van der Waals surface area (Å²) >= 11 is 1.55. The molecule has 2 aromatic rings. The number of fused-ring (bicyclic) bond motifs is 6. The number of phenolic OH excluding ortho intramolecular Hbond substituents is 1. The highest BCUT2D eigenvalue weighted by molar-refractivity contribution is 7.98. The van der Waals surface area contributed by atoms with Crippen LogP contribution in [0.4, 0.5) is 0 Å². The molecule has 0 amide bonds. The Kier molecular flexibility index (Phi) is 6.65. The van der Waals surface area contributed by atoms with Gasteiger partial charge in [0.15, 0.2) is 5.78 Å². The smallest absolute Gasteiger partial charge is 0.331 e. The number of allylic oxidation sites excluding steroid dienone is 2. The fraction of sp³-hybridized carbons (Fsp3) is 0.414. The van der Waals surface area contributed by atoms with Gasteiger partial charge in [-0.15, -0.1) is 0 Å². The summed E-state index contributed by atoms with van der Waals surface area (Å²) in [6, 6.07) is 7.09. The topological polar surface area (TPSA) is 143 Å². The number of nitrogens with zero attached hydrogens (tertiary/aromatic N) is 1. The van der Waals surface area contributed by atoms with E-state index >= 15 is 0 Å². The van der Waals surface area contributed by atoms with Gasteiger partial charge in [-0.3, -0.25) is 9.59 Å². The van der Waals surface area contributed by atoms with Crippen molar-refractivity contribution in [3.8, 4) is 11.5 Å². The molecule has 4 aliphatic rings. The Labute approximate surface area is 234 Å². The van der Waals surface area contributed by atoms with Crippen LogP contribution in [-0.2, 0) is 14.3 Å². The van der Waals surface area contributed by atoms with Gasteiger partial charge >= 0.3 is 5.97 Å². The minimum Gasteiger partial charge on any atom is -0.507 e. The summed E-state index contributed by atoms with van der Waals surface area (Å²) in [5.74, 6) is -1.04. The SMILES string of the molecule is CSCC[C@@H]1C(=O)O[C@H]2c3cc(C)cc(O)c3C3=C(C(=O)c4c(O[C@H]5C[C@@H](O)[C@@H](O)[C@H](C)O5)cccc4C3=O)N12. The zero-order valence-electron chi connectivity index (χ0n) is 22.1. The van der Waals surface area contributed by atoms with Crippen molar-refractivity contribution in [2.45, 2.75) is 63.6 Å². The lowest BCUT2D eigenvalue weighted by molar-refractivity contribution is -0.216. The molecule has 2 aromatic carbocycles. The van der Waals surface area contributed by atoms with Gasteiger partial charge in [0.05, 0.1) is 23.3 Å². The number of hydrogen-bond donors (Lipinski definition) is 3. The van der Waals surface area contributed by atoms with Crippen LogP contribution in [-0.4, -0.2) is 80.4 Å². The van der Waals surface area contributed by atoms with Gasteiger partial charge in [0.1, 0.15) is 29.3 Å². The average Bonchev–Trinajstić information content (AvgIpc) is 3.24. The fourth-order valence-corrected chi connectivity index (χ4v) is 6.46. The molecule has 0 saturated carbocycles. The predicted molar refractivity (Wildman–Crippen MR) is 144 cm³/mol. The predicted octanol–water partition coefficient (Wildman–Crippen LogP) is 2.72. The summed E-state index contributed by atoms with van der Waals surface area (Å²) in [6.45, 7) is 3.38. The molecule has 0 unspecified atom stereocenters. The molecule has 6 atom stereocenters. The second kappa shape index (κ2) is 9.91. The Morgan fingerprint density at radius 3 is 2.62 bits per heavy atom. The normalized spacial score (nSPS) is 29.0. The first kappa shape index (κ1) is 26.8. The van der Waals surface area contributed by atoms with Gasteiger partial charge in [-0.25, -0.2) is 4.79 Å². The third-order valence-electron chi connectivity index (χ3n) is 7.86. The van der Waals surface area contributed by atoms with Gasteiger partial charge in [-0.05, 0) is 56.0 Å². The lowest BCUT2D eigenvalue weighted by Crippen LogP contribution is -2.48. The lowest BCUT2D eigenvalue weighted by atomic mass is 9.78. The van der Waals surface area contributed by atoms with E-state index in [9.17, 15) is 29.7 Å². The van der Waals surface area contributed by atoms with Gasteiger partial charge in [-0.1, -0.05) is 12.1 Å². The van der Waals surface area contributed by atoms with E-state index < -0.39 is 54.4 Å². The quantitative estimate of drug-likeness (QED) is 0.459. The summed E-state index contributed by atoms with van der Waals surface area (Å²) in [5.41, 5.74) is 1.43. The van der Waals surface area contributed by atoms with E-state index in [-0.39, 0.29) is 45.9 Å². The van der Waals surface area contributed by atoms with Crippen molar-refractivity contribution in [3.05, 3.63) is 63.8 Å². The third kappa shape index (κ3) is 4.02. The standard InChI is InChI=1S/C29H29NO9S/c1-12-9-15-21(17(31)10-12)23-24(30-16(7-8-40-3)29(36)39-28(15)30)27(35)22-14(26(23)34)5-4-6-19(22)38-20-11-18(32)25(33)13(2)37-20/h4-6,9-10,13,16,18,20,25,28,31-33H,7-8,11H2,1-3H3/t13-,16+,18+,20-,25-,28-/m0/s1. The number of esters is 1.